The Balaban J connectivity index is 1.88. The topological polar surface area (TPSA) is 38.0 Å². The zero-order chi connectivity index (χ0) is 12.8. The summed E-state index contributed by atoms with van der Waals surface area (Å²) >= 11 is 0. The van der Waals surface area contributed by atoms with Gasteiger partial charge in [0.25, 0.3) is 0 Å². The Morgan fingerprint density at radius 2 is 1.89 bits per heavy atom. The number of halogens is 1. The Morgan fingerprint density at radius 1 is 1.17 bits per heavy atom. The highest BCUT2D eigenvalue weighted by atomic mass is 19.1. The first-order valence-corrected chi connectivity index (χ1v) is 7.00. The first kappa shape index (κ1) is 13.5. The van der Waals surface area contributed by atoms with Crippen LogP contribution < -0.4 is 11.1 Å². The molecule has 0 aromatic heterocycles. The third-order valence-corrected chi connectivity index (χ3v) is 3.79. The molecular weight excluding hydrogens is 227 g/mol. The zero-order valence-corrected chi connectivity index (χ0v) is 10.9. The molecule has 0 spiro atoms. The fourth-order valence-corrected chi connectivity index (χ4v) is 2.60. The number of benzene rings is 1. The fraction of sp³-hybridized carbons (Fsp3) is 0.600. The highest BCUT2D eigenvalue weighted by Crippen LogP contribution is 2.18. The van der Waals surface area contributed by atoms with Crippen molar-refractivity contribution in [2.24, 2.45) is 5.73 Å². The molecule has 100 valence electrons. The van der Waals surface area contributed by atoms with E-state index >= 15 is 0 Å². The molecule has 0 saturated heterocycles. The van der Waals surface area contributed by atoms with Crippen LogP contribution in [0.5, 0.6) is 0 Å². The van der Waals surface area contributed by atoms with Crippen LogP contribution in [0, 0.1) is 5.82 Å². The van der Waals surface area contributed by atoms with E-state index in [0.29, 0.717) is 19.1 Å². The molecule has 0 unspecified atom stereocenters. The molecule has 0 aliphatic heterocycles. The maximum Gasteiger partial charge on any atom is 0.128 e. The van der Waals surface area contributed by atoms with Crippen molar-refractivity contribution in [2.75, 3.05) is 0 Å². The van der Waals surface area contributed by atoms with Crippen molar-refractivity contribution in [1.29, 1.82) is 0 Å². The third kappa shape index (κ3) is 3.79. The van der Waals surface area contributed by atoms with Gasteiger partial charge in [-0.1, -0.05) is 37.8 Å². The summed E-state index contributed by atoms with van der Waals surface area (Å²) in [6.45, 7) is 1.02. The summed E-state index contributed by atoms with van der Waals surface area (Å²) in [6, 6.07) is 5.86. The van der Waals surface area contributed by atoms with Gasteiger partial charge in [-0.2, -0.15) is 0 Å². The SMILES string of the molecule is NCc1ccc(CNC2CCCCCC2)c(F)c1. The molecule has 1 saturated carbocycles. The van der Waals surface area contributed by atoms with Crippen LogP contribution in [0.15, 0.2) is 18.2 Å². The predicted octanol–water partition coefficient (Wildman–Crippen LogP) is 3.10. The summed E-state index contributed by atoms with van der Waals surface area (Å²) in [5.74, 6) is -0.140. The molecule has 0 heterocycles. The van der Waals surface area contributed by atoms with Gasteiger partial charge in [-0.05, 0) is 24.5 Å². The molecule has 3 heteroatoms. The van der Waals surface area contributed by atoms with Gasteiger partial charge in [0.05, 0.1) is 0 Å². The van der Waals surface area contributed by atoms with Gasteiger partial charge in [-0.15, -0.1) is 0 Å². The summed E-state index contributed by atoms with van der Waals surface area (Å²) in [6.07, 6.45) is 7.74. The Morgan fingerprint density at radius 3 is 2.50 bits per heavy atom. The molecule has 0 radical (unpaired) electrons. The van der Waals surface area contributed by atoms with Crippen molar-refractivity contribution in [2.45, 2.75) is 57.7 Å². The van der Waals surface area contributed by atoms with Gasteiger partial charge < -0.3 is 11.1 Å². The average Bonchev–Trinajstić information content (AvgIpc) is 2.66. The van der Waals surface area contributed by atoms with Gasteiger partial charge in [-0.25, -0.2) is 4.39 Å². The van der Waals surface area contributed by atoms with Crippen LogP contribution in [0.25, 0.3) is 0 Å². The minimum atomic E-state index is -0.140. The molecule has 0 bridgehead atoms. The second-order valence-corrected chi connectivity index (χ2v) is 5.20. The summed E-state index contributed by atoms with van der Waals surface area (Å²) < 4.78 is 13.8. The molecule has 2 nitrogen and oxygen atoms in total. The van der Waals surface area contributed by atoms with Crippen molar-refractivity contribution in [1.82, 2.24) is 5.32 Å². The molecule has 18 heavy (non-hydrogen) atoms. The molecular formula is C15H23FN2. The van der Waals surface area contributed by atoms with Crippen LogP contribution in [0.3, 0.4) is 0 Å². The van der Waals surface area contributed by atoms with Gasteiger partial charge in [0.1, 0.15) is 5.82 Å². The van der Waals surface area contributed by atoms with E-state index in [-0.39, 0.29) is 5.82 Å². The summed E-state index contributed by atoms with van der Waals surface area (Å²) in [7, 11) is 0. The number of nitrogens with two attached hydrogens (primary N) is 1. The van der Waals surface area contributed by atoms with Gasteiger partial charge in [0.2, 0.25) is 0 Å². The molecule has 1 aliphatic carbocycles. The Kier molecular flexibility index (Phi) is 5.14. The largest absolute Gasteiger partial charge is 0.326 e. The van der Waals surface area contributed by atoms with Gasteiger partial charge >= 0.3 is 0 Å². The van der Waals surface area contributed by atoms with Gasteiger partial charge in [-0.3, -0.25) is 0 Å². The van der Waals surface area contributed by atoms with Crippen molar-refractivity contribution in [3.8, 4) is 0 Å². The van der Waals surface area contributed by atoms with Crippen molar-refractivity contribution in [3.05, 3.63) is 35.1 Å². The number of hydrogen-bond acceptors (Lipinski definition) is 2. The minimum Gasteiger partial charge on any atom is -0.326 e. The lowest BCUT2D eigenvalue weighted by Gasteiger charge is -2.16. The van der Waals surface area contributed by atoms with E-state index in [2.05, 4.69) is 5.32 Å². The lowest BCUT2D eigenvalue weighted by Crippen LogP contribution is -2.28. The fourth-order valence-electron chi connectivity index (χ4n) is 2.60. The Labute approximate surface area is 109 Å². The smallest absolute Gasteiger partial charge is 0.128 e. The highest BCUT2D eigenvalue weighted by Gasteiger charge is 2.12. The van der Waals surface area contributed by atoms with Crippen LogP contribution >= 0.6 is 0 Å². The van der Waals surface area contributed by atoms with E-state index in [1.165, 1.54) is 38.5 Å². The first-order valence-electron chi connectivity index (χ1n) is 7.00. The van der Waals surface area contributed by atoms with E-state index in [1.807, 2.05) is 12.1 Å². The molecule has 3 N–H and O–H groups in total. The van der Waals surface area contributed by atoms with Gasteiger partial charge in [0.15, 0.2) is 0 Å². The maximum absolute atomic E-state index is 13.8. The molecule has 1 aromatic carbocycles. The average molecular weight is 250 g/mol. The van der Waals surface area contributed by atoms with Crippen LogP contribution in [-0.2, 0) is 13.1 Å². The highest BCUT2D eigenvalue weighted by molar-refractivity contribution is 5.24. The quantitative estimate of drug-likeness (QED) is 0.806. The van der Waals surface area contributed by atoms with Crippen LogP contribution in [0.2, 0.25) is 0 Å². The van der Waals surface area contributed by atoms with E-state index in [0.717, 1.165) is 11.1 Å². The lowest BCUT2D eigenvalue weighted by atomic mass is 10.1. The van der Waals surface area contributed by atoms with E-state index < -0.39 is 0 Å². The number of hydrogen-bond donors (Lipinski definition) is 2. The molecule has 0 atom stereocenters. The van der Waals surface area contributed by atoms with E-state index in [9.17, 15) is 4.39 Å². The lowest BCUT2D eigenvalue weighted by molar-refractivity contribution is 0.452. The Hall–Kier alpha value is -0.930. The van der Waals surface area contributed by atoms with Crippen LogP contribution in [0.1, 0.15) is 49.7 Å². The van der Waals surface area contributed by atoms with E-state index in [4.69, 9.17) is 5.73 Å². The second kappa shape index (κ2) is 6.86. The standard InChI is InChI=1S/C15H23FN2/c16-15-9-12(10-17)7-8-13(15)11-18-14-5-3-1-2-4-6-14/h7-9,14,18H,1-6,10-11,17H2. The first-order chi connectivity index (χ1) is 8.79. The Bertz CT molecular complexity index is 371. The molecule has 1 aliphatic rings. The minimum absolute atomic E-state index is 0.140. The predicted molar refractivity (Wildman–Crippen MR) is 72.6 cm³/mol. The summed E-state index contributed by atoms with van der Waals surface area (Å²) in [5.41, 5.74) is 7.09. The monoisotopic (exact) mass is 250 g/mol. The molecule has 0 amide bonds. The number of nitrogens with one attached hydrogen (secondary N) is 1. The number of rotatable bonds is 4. The van der Waals surface area contributed by atoms with Crippen molar-refractivity contribution in [3.63, 3.8) is 0 Å². The summed E-state index contributed by atoms with van der Waals surface area (Å²) in [4.78, 5) is 0. The third-order valence-electron chi connectivity index (χ3n) is 3.79. The molecule has 1 fully saturated rings. The maximum atomic E-state index is 13.8. The molecule has 2 rings (SSSR count). The van der Waals surface area contributed by atoms with E-state index in [1.54, 1.807) is 6.07 Å². The van der Waals surface area contributed by atoms with Crippen LogP contribution in [-0.4, -0.2) is 6.04 Å². The van der Waals surface area contributed by atoms with Crippen LogP contribution in [0.4, 0.5) is 4.39 Å². The normalized spacial score (nSPS) is 17.7. The zero-order valence-electron chi connectivity index (χ0n) is 10.9. The second-order valence-electron chi connectivity index (χ2n) is 5.20. The van der Waals surface area contributed by atoms with Crippen molar-refractivity contribution >= 4 is 0 Å². The van der Waals surface area contributed by atoms with Gasteiger partial charge in [0, 0.05) is 24.7 Å². The molecule has 1 aromatic rings. The van der Waals surface area contributed by atoms with Crippen molar-refractivity contribution < 1.29 is 4.39 Å². The summed E-state index contributed by atoms with van der Waals surface area (Å²) in [5, 5.41) is 3.48.